The van der Waals surface area contributed by atoms with Crippen LogP contribution in [-0.2, 0) is 18.9 Å². The Morgan fingerprint density at radius 2 is 1.48 bits per heavy atom. The molecule has 2 atom stereocenters. The standard InChI is InChI=1S/C16H33NO4/c1-15-4-3-5-16(14-15)17-6-7-19-10-11-21-13-12-20-9-8-18-2/h15-17H,3-14H2,1-2H3. The summed E-state index contributed by atoms with van der Waals surface area (Å²) in [6.07, 6.45) is 5.38. The van der Waals surface area contributed by atoms with Crippen molar-refractivity contribution in [2.45, 2.75) is 38.6 Å². The van der Waals surface area contributed by atoms with Crippen LogP contribution in [0, 0.1) is 5.92 Å². The second-order valence-corrected chi connectivity index (χ2v) is 5.75. The molecule has 0 saturated heterocycles. The van der Waals surface area contributed by atoms with Crippen LogP contribution in [-0.4, -0.2) is 65.9 Å². The first-order valence-electron chi connectivity index (χ1n) is 8.28. The Bertz CT molecular complexity index is 228. The Morgan fingerprint density at radius 1 is 0.857 bits per heavy atom. The van der Waals surface area contributed by atoms with Crippen LogP contribution in [0.15, 0.2) is 0 Å². The fourth-order valence-corrected chi connectivity index (χ4v) is 2.64. The van der Waals surface area contributed by atoms with Gasteiger partial charge in [-0.25, -0.2) is 0 Å². The molecule has 0 aromatic rings. The van der Waals surface area contributed by atoms with E-state index in [1.54, 1.807) is 7.11 Å². The predicted octanol–water partition coefficient (Wildman–Crippen LogP) is 1.85. The smallest absolute Gasteiger partial charge is 0.0701 e. The lowest BCUT2D eigenvalue weighted by Crippen LogP contribution is -2.35. The Labute approximate surface area is 129 Å². The van der Waals surface area contributed by atoms with Crippen molar-refractivity contribution in [2.75, 3.05) is 59.9 Å². The Morgan fingerprint density at radius 3 is 2.10 bits per heavy atom. The SMILES string of the molecule is COCCOCCOCCOCCNC1CCCC(C)C1. The van der Waals surface area contributed by atoms with E-state index in [1.165, 1.54) is 25.7 Å². The second-order valence-electron chi connectivity index (χ2n) is 5.75. The summed E-state index contributed by atoms with van der Waals surface area (Å²) in [4.78, 5) is 0. The molecule has 5 nitrogen and oxygen atoms in total. The molecular weight excluding hydrogens is 270 g/mol. The van der Waals surface area contributed by atoms with E-state index in [0.29, 0.717) is 45.7 Å². The van der Waals surface area contributed by atoms with Crippen LogP contribution in [0.3, 0.4) is 0 Å². The van der Waals surface area contributed by atoms with Crippen LogP contribution in [0.5, 0.6) is 0 Å². The van der Waals surface area contributed by atoms with E-state index in [1.807, 2.05) is 0 Å². The van der Waals surface area contributed by atoms with Gasteiger partial charge in [-0.15, -0.1) is 0 Å². The lowest BCUT2D eigenvalue weighted by molar-refractivity contribution is 0.00380. The number of hydrogen-bond acceptors (Lipinski definition) is 5. The quantitative estimate of drug-likeness (QED) is 0.526. The molecular formula is C16H33NO4. The summed E-state index contributed by atoms with van der Waals surface area (Å²) in [6, 6.07) is 0.692. The first-order valence-corrected chi connectivity index (χ1v) is 8.28. The molecule has 0 amide bonds. The average molecular weight is 303 g/mol. The van der Waals surface area contributed by atoms with Gasteiger partial charge in [0.25, 0.3) is 0 Å². The monoisotopic (exact) mass is 303 g/mol. The van der Waals surface area contributed by atoms with Crippen LogP contribution in [0.1, 0.15) is 32.6 Å². The molecule has 1 fully saturated rings. The zero-order valence-electron chi connectivity index (χ0n) is 13.8. The van der Waals surface area contributed by atoms with Gasteiger partial charge in [-0.05, 0) is 18.8 Å². The Balaban J connectivity index is 1.74. The van der Waals surface area contributed by atoms with Crippen LogP contribution >= 0.6 is 0 Å². The van der Waals surface area contributed by atoms with Gasteiger partial charge in [0, 0.05) is 19.7 Å². The fraction of sp³-hybridized carbons (Fsp3) is 1.00. The van der Waals surface area contributed by atoms with Gasteiger partial charge in [0.05, 0.1) is 46.2 Å². The summed E-state index contributed by atoms with van der Waals surface area (Å²) in [6.45, 7) is 7.83. The van der Waals surface area contributed by atoms with Crippen molar-refractivity contribution in [2.24, 2.45) is 5.92 Å². The van der Waals surface area contributed by atoms with Crippen LogP contribution in [0.4, 0.5) is 0 Å². The number of rotatable bonds is 13. The maximum atomic E-state index is 5.55. The number of nitrogens with one attached hydrogen (secondary N) is 1. The molecule has 0 spiro atoms. The highest BCUT2D eigenvalue weighted by atomic mass is 16.6. The minimum Gasteiger partial charge on any atom is -0.382 e. The topological polar surface area (TPSA) is 49.0 Å². The Hall–Kier alpha value is -0.200. The Kier molecular flexibility index (Phi) is 12.1. The number of hydrogen-bond donors (Lipinski definition) is 1. The number of methoxy groups -OCH3 is 1. The molecule has 0 aromatic heterocycles. The predicted molar refractivity (Wildman–Crippen MR) is 83.8 cm³/mol. The fourth-order valence-electron chi connectivity index (χ4n) is 2.64. The third-order valence-electron chi connectivity index (χ3n) is 3.79. The molecule has 1 aliphatic carbocycles. The molecule has 0 aliphatic heterocycles. The normalized spacial score (nSPS) is 22.6. The van der Waals surface area contributed by atoms with Crippen molar-refractivity contribution >= 4 is 0 Å². The second kappa shape index (κ2) is 13.5. The summed E-state index contributed by atoms with van der Waals surface area (Å²) in [7, 11) is 1.67. The van der Waals surface area contributed by atoms with Gasteiger partial charge in [-0.2, -0.15) is 0 Å². The molecule has 5 heteroatoms. The zero-order valence-corrected chi connectivity index (χ0v) is 13.8. The van der Waals surface area contributed by atoms with Crippen LogP contribution in [0.2, 0.25) is 0 Å². The van der Waals surface area contributed by atoms with Gasteiger partial charge in [-0.3, -0.25) is 0 Å². The summed E-state index contributed by atoms with van der Waals surface area (Å²) in [5, 5.41) is 3.59. The number of ether oxygens (including phenoxy) is 4. The van der Waals surface area contributed by atoms with Gasteiger partial charge in [0.15, 0.2) is 0 Å². The van der Waals surface area contributed by atoms with Crippen molar-refractivity contribution in [1.82, 2.24) is 5.32 Å². The molecule has 126 valence electrons. The van der Waals surface area contributed by atoms with E-state index >= 15 is 0 Å². The summed E-state index contributed by atoms with van der Waals surface area (Å²) in [5.74, 6) is 0.872. The van der Waals surface area contributed by atoms with E-state index in [2.05, 4.69) is 12.2 Å². The average Bonchev–Trinajstić information content (AvgIpc) is 2.48. The highest BCUT2D eigenvalue weighted by Gasteiger charge is 2.17. The van der Waals surface area contributed by atoms with E-state index in [4.69, 9.17) is 18.9 Å². The summed E-state index contributed by atoms with van der Waals surface area (Å²) < 4.78 is 21.1. The van der Waals surface area contributed by atoms with Gasteiger partial charge in [0.2, 0.25) is 0 Å². The molecule has 1 rings (SSSR count). The van der Waals surface area contributed by atoms with Gasteiger partial charge >= 0.3 is 0 Å². The maximum Gasteiger partial charge on any atom is 0.0701 e. The molecule has 2 unspecified atom stereocenters. The summed E-state index contributed by atoms with van der Waals surface area (Å²) >= 11 is 0. The van der Waals surface area contributed by atoms with Crippen molar-refractivity contribution < 1.29 is 18.9 Å². The van der Waals surface area contributed by atoms with Crippen LogP contribution in [0.25, 0.3) is 0 Å². The zero-order chi connectivity index (χ0) is 15.2. The molecule has 0 aromatic carbocycles. The van der Waals surface area contributed by atoms with Gasteiger partial charge in [-0.1, -0.05) is 19.8 Å². The van der Waals surface area contributed by atoms with E-state index in [0.717, 1.165) is 19.1 Å². The summed E-state index contributed by atoms with van der Waals surface area (Å²) in [5.41, 5.74) is 0. The largest absolute Gasteiger partial charge is 0.382 e. The first-order chi connectivity index (χ1) is 10.3. The molecule has 1 saturated carbocycles. The molecule has 1 N–H and O–H groups in total. The van der Waals surface area contributed by atoms with Gasteiger partial charge < -0.3 is 24.3 Å². The highest BCUT2D eigenvalue weighted by molar-refractivity contribution is 4.75. The van der Waals surface area contributed by atoms with Crippen molar-refractivity contribution in [3.8, 4) is 0 Å². The highest BCUT2D eigenvalue weighted by Crippen LogP contribution is 2.23. The minimum atomic E-state index is 0.616. The van der Waals surface area contributed by atoms with E-state index < -0.39 is 0 Å². The molecule has 21 heavy (non-hydrogen) atoms. The molecule has 0 radical (unpaired) electrons. The maximum absolute atomic E-state index is 5.55. The van der Waals surface area contributed by atoms with Crippen LogP contribution < -0.4 is 5.32 Å². The third kappa shape index (κ3) is 11.1. The molecule has 0 bridgehead atoms. The minimum absolute atomic E-state index is 0.616. The van der Waals surface area contributed by atoms with Gasteiger partial charge in [0.1, 0.15) is 0 Å². The van der Waals surface area contributed by atoms with Crippen molar-refractivity contribution in [3.05, 3.63) is 0 Å². The lowest BCUT2D eigenvalue weighted by atomic mass is 9.87. The molecule has 0 heterocycles. The molecule has 1 aliphatic rings. The van der Waals surface area contributed by atoms with E-state index in [-0.39, 0.29) is 0 Å². The van der Waals surface area contributed by atoms with E-state index in [9.17, 15) is 0 Å². The lowest BCUT2D eigenvalue weighted by Gasteiger charge is -2.27. The first kappa shape index (κ1) is 18.8. The van der Waals surface area contributed by atoms with Crippen molar-refractivity contribution in [3.63, 3.8) is 0 Å². The third-order valence-corrected chi connectivity index (χ3v) is 3.79. The van der Waals surface area contributed by atoms with Crippen molar-refractivity contribution in [1.29, 1.82) is 0 Å².